The summed E-state index contributed by atoms with van der Waals surface area (Å²) < 4.78 is 2.52. The Hall–Kier alpha value is -1.57. The molecule has 1 aromatic heterocycles. The van der Waals surface area contributed by atoms with E-state index in [1.54, 1.807) is 23.1 Å². The summed E-state index contributed by atoms with van der Waals surface area (Å²) in [5.74, 6) is -0.983. The first-order chi connectivity index (χ1) is 7.58. The van der Waals surface area contributed by atoms with E-state index in [1.165, 1.54) is 12.1 Å². The first-order valence-electron chi connectivity index (χ1n) is 4.41. The zero-order chi connectivity index (χ0) is 11.7. The molecule has 16 heavy (non-hydrogen) atoms. The summed E-state index contributed by atoms with van der Waals surface area (Å²) in [5.41, 5.74) is 7.03. The number of anilines is 1. The number of halogens is 1. The van der Waals surface area contributed by atoms with Gasteiger partial charge in [-0.25, -0.2) is 9.48 Å². The van der Waals surface area contributed by atoms with E-state index in [9.17, 15) is 4.79 Å². The van der Waals surface area contributed by atoms with Gasteiger partial charge in [0, 0.05) is 6.20 Å². The van der Waals surface area contributed by atoms with Gasteiger partial charge >= 0.3 is 5.97 Å². The number of nitrogens with two attached hydrogens (primary N) is 1. The Balaban J connectivity index is 2.55. The van der Waals surface area contributed by atoms with E-state index < -0.39 is 5.97 Å². The van der Waals surface area contributed by atoms with Crippen molar-refractivity contribution in [2.24, 2.45) is 0 Å². The summed E-state index contributed by atoms with van der Waals surface area (Å²) in [5, 5.41) is 13.0. The van der Waals surface area contributed by atoms with Crippen molar-refractivity contribution in [2.75, 3.05) is 5.73 Å². The van der Waals surface area contributed by atoms with Crippen LogP contribution < -0.4 is 5.73 Å². The number of hydrogen-bond donors (Lipinski definition) is 2. The summed E-state index contributed by atoms with van der Waals surface area (Å²) in [6, 6.07) is 4.53. The van der Waals surface area contributed by atoms with Gasteiger partial charge in [0.2, 0.25) is 0 Å². The third-order valence-corrected chi connectivity index (χ3v) is 2.63. The van der Waals surface area contributed by atoms with Crippen molar-refractivity contribution in [3.8, 4) is 5.69 Å². The standard InChI is InChI=1S/C10H8IN3O2/c11-7-4-13-14(5-7)9-3-6(10(15)16)1-2-8(9)12/h1-5H,12H2,(H,15,16). The number of carbonyl (C=O) groups is 1. The molecule has 0 aliphatic heterocycles. The maximum Gasteiger partial charge on any atom is 0.335 e. The van der Waals surface area contributed by atoms with Crippen molar-refractivity contribution in [1.82, 2.24) is 9.78 Å². The SMILES string of the molecule is Nc1ccc(C(=O)O)cc1-n1cc(I)cn1. The molecule has 0 radical (unpaired) electrons. The van der Waals surface area contributed by atoms with Crippen molar-refractivity contribution in [1.29, 1.82) is 0 Å². The fourth-order valence-corrected chi connectivity index (χ4v) is 1.70. The highest BCUT2D eigenvalue weighted by Gasteiger charge is 2.08. The van der Waals surface area contributed by atoms with Gasteiger partial charge in [0.15, 0.2) is 0 Å². The molecule has 0 bridgehead atoms. The van der Waals surface area contributed by atoms with E-state index in [2.05, 4.69) is 27.7 Å². The number of aromatic carboxylic acids is 1. The van der Waals surface area contributed by atoms with Crippen LogP contribution in [0.4, 0.5) is 5.69 Å². The molecule has 0 unspecified atom stereocenters. The largest absolute Gasteiger partial charge is 0.478 e. The van der Waals surface area contributed by atoms with E-state index in [1.807, 2.05) is 0 Å². The summed E-state index contributed by atoms with van der Waals surface area (Å²) in [4.78, 5) is 10.8. The van der Waals surface area contributed by atoms with E-state index in [0.717, 1.165) is 3.57 Å². The van der Waals surface area contributed by atoms with Crippen molar-refractivity contribution in [3.05, 3.63) is 39.7 Å². The lowest BCUT2D eigenvalue weighted by molar-refractivity contribution is 0.0697. The number of aromatic nitrogens is 2. The molecule has 3 N–H and O–H groups in total. The first-order valence-corrected chi connectivity index (χ1v) is 5.49. The Morgan fingerprint density at radius 3 is 2.81 bits per heavy atom. The fraction of sp³-hybridized carbons (Fsp3) is 0. The molecule has 0 aliphatic rings. The van der Waals surface area contributed by atoms with Crippen LogP contribution in [0.5, 0.6) is 0 Å². The Morgan fingerprint density at radius 2 is 2.25 bits per heavy atom. The minimum absolute atomic E-state index is 0.190. The van der Waals surface area contributed by atoms with E-state index in [-0.39, 0.29) is 5.56 Å². The normalized spacial score (nSPS) is 10.3. The highest BCUT2D eigenvalue weighted by Crippen LogP contribution is 2.19. The van der Waals surface area contributed by atoms with Gasteiger partial charge in [-0.2, -0.15) is 5.10 Å². The average Bonchev–Trinajstić information content (AvgIpc) is 2.65. The van der Waals surface area contributed by atoms with Crippen LogP contribution in [0, 0.1) is 3.57 Å². The number of carboxylic acid groups (broad SMARTS) is 1. The molecule has 0 fully saturated rings. The Morgan fingerprint density at radius 1 is 1.50 bits per heavy atom. The van der Waals surface area contributed by atoms with Crippen LogP contribution in [0.3, 0.4) is 0 Å². The molecule has 0 spiro atoms. The Kier molecular flexibility index (Phi) is 2.82. The van der Waals surface area contributed by atoms with Crippen molar-refractivity contribution >= 4 is 34.2 Å². The lowest BCUT2D eigenvalue weighted by Crippen LogP contribution is -2.04. The lowest BCUT2D eigenvalue weighted by atomic mass is 10.2. The Labute approximate surface area is 105 Å². The molecule has 0 saturated heterocycles. The molecule has 0 aliphatic carbocycles. The predicted molar refractivity (Wildman–Crippen MR) is 67.7 cm³/mol. The molecule has 82 valence electrons. The van der Waals surface area contributed by atoms with E-state index >= 15 is 0 Å². The minimum Gasteiger partial charge on any atom is -0.478 e. The number of rotatable bonds is 2. The molecule has 6 heteroatoms. The first kappa shape index (κ1) is 10.9. The molecule has 0 atom stereocenters. The van der Waals surface area contributed by atoms with Crippen LogP contribution in [0.1, 0.15) is 10.4 Å². The molecule has 2 rings (SSSR count). The highest BCUT2D eigenvalue weighted by molar-refractivity contribution is 14.1. The van der Waals surface area contributed by atoms with Crippen molar-refractivity contribution < 1.29 is 9.90 Å². The monoisotopic (exact) mass is 329 g/mol. The van der Waals surface area contributed by atoms with Crippen LogP contribution in [-0.4, -0.2) is 20.9 Å². The van der Waals surface area contributed by atoms with Gasteiger partial charge in [0.05, 0.1) is 26.7 Å². The smallest absolute Gasteiger partial charge is 0.335 e. The van der Waals surface area contributed by atoms with Gasteiger partial charge in [0.25, 0.3) is 0 Å². The van der Waals surface area contributed by atoms with Crippen LogP contribution in [0.25, 0.3) is 5.69 Å². The fourth-order valence-electron chi connectivity index (χ4n) is 1.31. The second kappa shape index (κ2) is 4.12. The van der Waals surface area contributed by atoms with Crippen LogP contribution in [0.15, 0.2) is 30.6 Å². The summed E-state index contributed by atoms with van der Waals surface area (Å²) in [6.45, 7) is 0. The molecule has 0 saturated carbocycles. The van der Waals surface area contributed by atoms with Crippen LogP contribution in [0.2, 0.25) is 0 Å². The Bertz CT molecular complexity index is 551. The summed E-state index contributed by atoms with van der Waals surface area (Å²) in [6.07, 6.45) is 3.45. The minimum atomic E-state index is -0.983. The van der Waals surface area contributed by atoms with Gasteiger partial charge in [-0.1, -0.05) is 0 Å². The molecular formula is C10H8IN3O2. The van der Waals surface area contributed by atoms with Crippen molar-refractivity contribution in [2.45, 2.75) is 0 Å². The number of carboxylic acids is 1. The maximum absolute atomic E-state index is 10.8. The van der Waals surface area contributed by atoms with Crippen molar-refractivity contribution in [3.63, 3.8) is 0 Å². The third-order valence-electron chi connectivity index (χ3n) is 2.08. The third kappa shape index (κ3) is 2.01. The maximum atomic E-state index is 10.8. The van der Waals surface area contributed by atoms with Gasteiger partial charge < -0.3 is 10.8 Å². The average molecular weight is 329 g/mol. The molecule has 5 nitrogen and oxygen atoms in total. The van der Waals surface area contributed by atoms with Gasteiger partial charge in [-0.05, 0) is 40.8 Å². The zero-order valence-electron chi connectivity index (χ0n) is 8.09. The van der Waals surface area contributed by atoms with Gasteiger partial charge in [0.1, 0.15) is 0 Å². The van der Waals surface area contributed by atoms with E-state index in [4.69, 9.17) is 10.8 Å². The van der Waals surface area contributed by atoms with E-state index in [0.29, 0.717) is 11.4 Å². The molecular weight excluding hydrogens is 321 g/mol. The number of hydrogen-bond acceptors (Lipinski definition) is 3. The lowest BCUT2D eigenvalue weighted by Gasteiger charge is -2.06. The zero-order valence-corrected chi connectivity index (χ0v) is 10.2. The van der Waals surface area contributed by atoms with Gasteiger partial charge in [-0.15, -0.1) is 0 Å². The van der Waals surface area contributed by atoms with Crippen LogP contribution in [-0.2, 0) is 0 Å². The highest BCUT2D eigenvalue weighted by atomic mass is 127. The predicted octanol–water partition coefficient (Wildman–Crippen LogP) is 1.76. The second-order valence-electron chi connectivity index (χ2n) is 3.18. The number of nitrogens with zero attached hydrogens (tertiary/aromatic N) is 2. The number of nitrogen functional groups attached to an aromatic ring is 1. The molecule has 1 aromatic carbocycles. The van der Waals surface area contributed by atoms with Gasteiger partial charge in [-0.3, -0.25) is 0 Å². The summed E-state index contributed by atoms with van der Waals surface area (Å²) >= 11 is 2.12. The second-order valence-corrected chi connectivity index (χ2v) is 4.43. The molecule has 2 aromatic rings. The topological polar surface area (TPSA) is 81.1 Å². The van der Waals surface area contributed by atoms with Crippen LogP contribution >= 0.6 is 22.6 Å². The number of benzene rings is 1. The molecule has 1 heterocycles. The molecule has 0 amide bonds. The summed E-state index contributed by atoms with van der Waals surface area (Å²) in [7, 11) is 0. The quantitative estimate of drug-likeness (QED) is 0.650.